The molecule has 0 radical (unpaired) electrons. The van der Waals surface area contributed by atoms with Gasteiger partial charge in [-0.1, -0.05) is 36.4 Å². The molecule has 0 heterocycles. The highest BCUT2D eigenvalue weighted by Crippen LogP contribution is 2.41. The van der Waals surface area contributed by atoms with E-state index in [1.165, 1.54) is 24.0 Å². The third kappa shape index (κ3) is 2.96. The van der Waals surface area contributed by atoms with Crippen molar-refractivity contribution in [2.45, 2.75) is 31.9 Å². The van der Waals surface area contributed by atoms with Gasteiger partial charge in [-0.3, -0.25) is 0 Å². The number of nitrogens with one attached hydrogen (secondary N) is 1. The average molecular weight is 253 g/mol. The third-order valence-electron chi connectivity index (χ3n) is 3.66. The van der Waals surface area contributed by atoms with Gasteiger partial charge in [0.1, 0.15) is 0 Å². The van der Waals surface area contributed by atoms with Crippen LogP contribution in [0.2, 0.25) is 0 Å². The summed E-state index contributed by atoms with van der Waals surface area (Å²) in [6.07, 6.45) is 2.66. The second-order valence-corrected chi connectivity index (χ2v) is 5.19. The van der Waals surface area contributed by atoms with Crippen molar-refractivity contribution in [2.75, 3.05) is 5.32 Å². The van der Waals surface area contributed by atoms with E-state index in [2.05, 4.69) is 29.6 Å². The largest absolute Gasteiger partial charge is 0.392 e. The van der Waals surface area contributed by atoms with Crippen molar-refractivity contribution in [1.29, 1.82) is 0 Å². The van der Waals surface area contributed by atoms with Crippen LogP contribution in [0.25, 0.3) is 0 Å². The fourth-order valence-corrected chi connectivity index (χ4v) is 2.46. The molecule has 2 aromatic rings. The van der Waals surface area contributed by atoms with Crippen molar-refractivity contribution in [1.82, 2.24) is 0 Å². The first kappa shape index (κ1) is 12.2. The van der Waals surface area contributed by atoms with E-state index < -0.39 is 0 Å². The van der Waals surface area contributed by atoms with Gasteiger partial charge in [0.05, 0.1) is 6.61 Å². The molecule has 0 bridgehead atoms. The third-order valence-corrected chi connectivity index (χ3v) is 3.66. The van der Waals surface area contributed by atoms with E-state index >= 15 is 0 Å². The van der Waals surface area contributed by atoms with Crippen LogP contribution in [0, 0.1) is 0 Å². The Hall–Kier alpha value is -1.80. The topological polar surface area (TPSA) is 32.3 Å². The van der Waals surface area contributed by atoms with Gasteiger partial charge >= 0.3 is 0 Å². The first-order chi connectivity index (χ1) is 9.36. The van der Waals surface area contributed by atoms with Crippen molar-refractivity contribution >= 4 is 5.69 Å². The normalized spacial score (nSPS) is 14.4. The molecule has 1 fully saturated rings. The number of hydrogen-bond donors (Lipinski definition) is 2. The van der Waals surface area contributed by atoms with E-state index in [4.69, 9.17) is 5.11 Å². The molecule has 0 saturated heterocycles. The lowest BCUT2D eigenvalue weighted by molar-refractivity contribution is 0.282. The molecule has 98 valence electrons. The highest BCUT2D eigenvalue weighted by molar-refractivity contribution is 5.47. The number of benzene rings is 2. The Balaban J connectivity index is 1.71. The van der Waals surface area contributed by atoms with E-state index in [1.807, 2.05) is 24.3 Å². The molecule has 3 rings (SSSR count). The highest BCUT2D eigenvalue weighted by Gasteiger charge is 2.25. The van der Waals surface area contributed by atoms with Crippen LogP contribution in [0.3, 0.4) is 0 Å². The van der Waals surface area contributed by atoms with Crippen LogP contribution in [0.1, 0.15) is 35.4 Å². The lowest BCUT2D eigenvalue weighted by Gasteiger charge is -2.11. The van der Waals surface area contributed by atoms with Crippen molar-refractivity contribution in [2.24, 2.45) is 0 Å². The highest BCUT2D eigenvalue weighted by atomic mass is 16.3. The van der Waals surface area contributed by atoms with Crippen LogP contribution >= 0.6 is 0 Å². The maximum atomic E-state index is 9.14. The molecule has 2 N–H and O–H groups in total. The molecule has 0 aromatic heterocycles. The average Bonchev–Trinajstić information content (AvgIpc) is 3.30. The smallest absolute Gasteiger partial charge is 0.0682 e. The van der Waals surface area contributed by atoms with Gasteiger partial charge in [-0.15, -0.1) is 0 Å². The van der Waals surface area contributed by atoms with Crippen molar-refractivity contribution in [3.63, 3.8) is 0 Å². The molecule has 0 spiro atoms. The van der Waals surface area contributed by atoms with Crippen LogP contribution < -0.4 is 5.32 Å². The summed E-state index contributed by atoms with van der Waals surface area (Å²) in [4.78, 5) is 0. The van der Waals surface area contributed by atoms with Gasteiger partial charge < -0.3 is 10.4 Å². The molecule has 1 aliphatic rings. The Morgan fingerprint density at radius 2 is 1.89 bits per heavy atom. The lowest BCUT2D eigenvalue weighted by Crippen LogP contribution is -2.02. The van der Waals surface area contributed by atoms with Gasteiger partial charge in [0.2, 0.25) is 0 Å². The summed E-state index contributed by atoms with van der Waals surface area (Å²) in [7, 11) is 0. The Kier molecular flexibility index (Phi) is 3.51. The summed E-state index contributed by atoms with van der Waals surface area (Å²) in [5.74, 6) is 0.779. The number of aliphatic hydroxyl groups excluding tert-OH is 1. The SMILES string of the molecule is OCc1cccc(NCc2ccccc2C2CC2)c1. The summed E-state index contributed by atoms with van der Waals surface area (Å²) in [6, 6.07) is 16.6. The number of anilines is 1. The van der Waals surface area contributed by atoms with Crippen LogP contribution in [0.15, 0.2) is 48.5 Å². The monoisotopic (exact) mass is 253 g/mol. The minimum atomic E-state index is 0.0914. The minimum absolute atomic E-state index is 0.0914. The quantitative estimate of drug-likeness (QED) is 0.852. The fraction of sp³-hybridized carbons (Fsp3) is 0.294. The molecule has 2 aromatic carbocycles. The Morgan fingerprint density at radius 1 is 1.05 bits per heavy atom. The lowest BCUT2D eigenvalue weighted by atomic mass is 10.0. The molecule has 0 amide bonds. The molecule has 2 nitrogen and oxygen atoms in total. The van der Waals surface area contributed by atoms with E-state index in [9.17, 15) is 0 Å². The Morgan fingerprint density at radius 3 is 2.68 bits per heavy atom. The predicted molar refractivity (Wildman–Crippen MR) is 78.1 cm³/mol. The van der Waals surface area contributed by atoms with Crippen molar-refractivity contribution in [3.8, 4) is 0 Å². The van der Waals surface area contributed by atoms with Crippen molar-refractivity contribution in [3.05, 3.63) is 65.2 Å². The van der Waals surface area contributed by atoms with Gasteiger partial charge in [0, 0.05) is 12.2 Å². The van der Waals surface area contributed by atoms with E-state index in [0.717, 1.165) is 23.7 Å². The number of hydrogen-bond acceptors (Lipinski definition) is 2. The van der Waals surface area contributed by atoms with E-state index in [1.54, 1.807) is 0 Å². The summed E-state index contributed by atoms with van der Waals surface area (Å²) in [6.45, 7) is 0.940. The van der Waals surface area contributed by atoms with Crippen LogP contribution in [0.5, 0.6) is 0 Å². The fourth-order valence-electron chi connectivity index (χ4n) is 2.46. The van der Waals surface area contributed by atoms with Gasteiger partial charge in [0.15, 0.2) is 0 Å². The molecule has 19 heavy (non-hydrogen) atoms. The van der Waals surface area contributed by atoms with Gasteiger partial charge in [-0.05, 0) is 47.6 Å². The second-order valence-electron chi connectivity index (χ2n) is 5.19. The maximum Gasteiger partial charge on any atom is 0.0682 e. The van der Waals surface area contributed by atoms with E-state index in [0.29, 0.717) is 0 Å². The summed E-state index contributed by atoms with van der Waals surface area (Å²) in [5, 5.41) is 12.6. The van der Waals surface area contributed by atoms with E-state index in [-0.39, 0.29) is 6.61 Å². The summed E-state index contributed by atoms with van der Waals surface area (Å²) >= 11 is 0. The van der Waals surface area contributed by atoms with Crippen LogP contribution in [0.4, 0.5) is 5.69 Å². The van der Waals surface area contributed by atoms with Gasteiger partial charge in [0.25, 0.3) is 0 Å². The predicted octanol–water partition coefficient (Wildman–Crippen LogP) is 3.67. The zero-order valence-electron chi connectivity index (χ0n) is 11.0. The maximum absolute atomic E-state index is 9.14. The minimum Gasteiger partial charge on any atom is -0.392 e. The number of rotatable bonds is 5. The van der Waals surface area contributed by atoms with Gasteiger partial charge in [-0.25, -0.2) is 0 Å². The summed E-state index contributed by atoms with van der Waals surface area (Å²) in [5.41, 5.74) is 4.89. The zero-order chi connectivity index (χ0) is 13.1. The van der Waals surface area contributed by atoms with Crippen molar-refractivity contribution < 1.29 is 5.11 Å². The second kappa shape index (κ2) is 5.45. The molecule has 0 aliphatic heterocycles. The molecule has 1 aliphatic carbocycles. The van der Waals surface area contributed by atoms with Gasteiger partial charge in [-0.2, -0.15) is 0 Å². The molecule has 0 unspecified atom stereocenters. The first-order valence-corrected chi connectivity index (χ1v) is 6.88. The Bertz CT molecular complexity index is 561. The van der Waals surface area contributed by atoms with Crippen LogP contribution in [-0.4, -0.2) is 5.11 Å². The molecular weight excluding hydrogens is 234 g/mol. The number of aliphatic hydroxyl groups is 1. The zero-order valence-corrected chi connectivity index (χ0v) is 11.0. The molecule has 1 saturated carbocycles. The molecule has 2 heteroatoms. The molecule has 0 atom stereocenters. The standard InChI is InChI=1S/C17H19NO/c19-12-13-4-3-6-16(10-13)18-11-15-5-1-2-7-17(15)14-8-9-14/h1-7,10,14,18-19H,8-9,11-12H2. The Labute approximate surface area is 114 Å². The summed E-state index contributed by atoms with van der Waals surface area (Å²) < 4.78 is 0. The van der Waals surface area contributed by atoms with Crippen LogP contribution in [-0.2, 0) is 13.2 Å². The molecular formula is C17H19NO. The first-order valence-electron chi connectivity index (χ1n) is 6.88.